The lowest BCUT2D eigenvalue weighted by Crippen LogP contribution is -2.35. The van der Waals surface area contributed by atoms with Gasteiger partial charge in [-0.15, -0.1) is 0 Å². The van der Waals surface area contributed by atoms with Gasteiger partial charge in [0.1, 0.15) is 0 Å². The van der Waals surface area contributed by atoms with Crippen molar-refractivity contribution < 1.29 is 14.3 Å². The Morgan fingerprint density at radius 3 is 2.36 bits per heavy atom. The number of hydrogen-bond donors (Lipinski definition) is 2. The van der Waals surface area contributed by atoms with Gasteiger partial charge < -0.3 is 14.3 Å². The summed E-state index contributed by atoms with van der Waals surface area (Å²) >= 11 is 0. The topological polar surface area (TPSA) is 49.7 Å². The van der Waals surface area contributed by atoms with Gasteiger partial charge in [0.05, 0.1) is 12.7 Å². The van der Waals surface area contributed by atoms with E-state index < -0.39 is 24.2 Å². The highest BCUT2D eigenvalue weighted by Gasteiger charge is 2.23. The fourth-order valence-corrected chi connectivity index (χ4v) is 4.39. The Kier molecular flexibility index (Phi) is 6.89. The van der Waals surface area contributed by atoms with Crippen LogP contribution in [0.5, 0.6) is 0 Å². The Morgan fingerprint density at radius 1 is 1.43 bits per heavy atom. The Balaban J connectivity index is 3.96. The molecule has 0 heterocycles. The van der Waals surface area contributed by atoms with Crippen molar-refractivity contribution in [3.05, 3.63) is 5.54 Å². The molecule has 0 aliphatic heterocycles. The maximum atomic E-state index is 9.53. The Hall–Kier alpha value is 0.314. The molecule has 1 unspecified atom stereocenters. The van der Waals surface area contributed by atoms with E-state index in [0.717, 1.165) is 18.4 Å². The molecule has 0 saturated carbocycles. The molecule has 85 valence electrons. The van der Waals surface area contributed by atoms with Crippen LogP contribution in [0.4, 0.5) is 0 Å². The third-order valence-electron chi connectivity index (χ3n) is 1.91. The van der Waals surface area contributed by atoms with Crippen molar-refractivity contribution in [2.24, 2.45) is 0 Å². The van der Waals surface area contributed by atoms with Crippen LogP contribution in [-0.4, -0.2) is 41.0 Å². The normalized spacial score (nSPS) is 15.6. The van der Waals surface area contributed by atoms with E-state index in [1.54, 1.807) is 0 Å². The van der Waals surface area contributed by atoms with Crippen molar-refractivity contribution in [3.8, 4) is 0 Å². The van der Waals surface area contributed by atoms with E-state index in [2.05, 4.69) is 26.6 Å². The van der Waals surface area contributed by atoms with Crippen LogP contribution >= 0.6 is 0 Å². The zero-order valence-corrected chi connectivity index (χ0v) is 12.1. The Bertz CT molecular complexity index is 147. The van der Waals surface area contributed by atoms with Gasteiger partial charge in [0.25, 0.3) is 0 Å². The van der Waals surface area contributed by atoms with E-state index in [1.165, 1.54) is 0 Å². The third kappa shape index (κ3) is 6.72. The van der Waals surface area contributed by atoms with Crippen molar-refractivity contribution in [2.75, 3.05) is 6.61 Å². The summed E-state index contributed by atoms with van der Waals surface area (Å²) in [4.78, 5) is 0. The molecule has 0 saturated heterocycles. The zero-order valence-electron chi connectivity index (χ0n) is 9.71. The van der Waals surface area contributed by atoms with Crippen molar-refractivity contribution in [2.45, 2.75) is 45.5 Å². The fraction of sp³-hybridized carbons (Fsp3) is 0.889. The molecule has 0 rings (SSSR count). The van der Waals surface area contributed by atoms with Crippen LogP contribution in [0.1, 0.15) is 19.8 Å². The quantitative estimate of drug-likeness (QED) is 0.636. The minimum Gasteiger partial charge on any atom is -0.460 e. The lowest BCUT2D eigenvalue weighted by atomic mass is 10.1. The summed E-state index contributed by atoms with van der Waals surface area (Å²) in [6, 6.07) is 0. The molecular weight excluding hydrogens is 212 g/mol. The second kappa shape index (κ2) is 6.73. The van der Waals surface area contributed by atoms with Crippen LogP contribution in [0.25, 0.3) is 0 Å². The average molecular weight is 235 g/mol. The number of aliphatic hydroxyl groups excluding tert-OH is 2. The molecule has 0 fully saturated rings. The molecule has 0 spiro atoms. The molecule has 2 N–H and O–H groups in total. The van der Waals surface area contributed by atoms with Crippen molar-refractivity contribution in [1.29, 1.82) is 0 Å². The monoisotopic (exact) mass is 235 g/mol. The highest BCUT2D eigenvalue weighted by molar-refractivity contribution is 6.74. The second-order valence-corrected chi connectivity index (χ2v) is 11.1. The predicted molar refractivity (Wildman–Crippen MR) is 64.2 cm³/mol. The molecular formula is C9H23O3Si2. The first-order valence-electron chi connectivity index (χ1n) is 5.18. The summed E-state index contributed by atoms with van der Waals surface area (Å²) in [5.41, 5.74) is 1.05. The molecule has 0 aromatic rings. The van der Waals surface area contributed by atoms with Crippen LogP contribution in [0.2, 0.25) is 19.6 Å². The first-order chi connectivity index (χ1) is 6.40. The van der Waals surface area contributed by atoms with Crippen molar-refractivity contribution in [3.63, 3.8) is 0 Å². The zero-order chi connectivity index (χ0) is 11.2. The van der Waals surface area contributed by atoms with Gasteiger partial charge in [-0.05, 0) is 26.1 Å². The molecule has 0 aromatic carbocycles. The minimum absolute atomic E-state index is 0.169. The van der Waals surface area contributed by atoms with Crippen LogP contribution in [0, 0.1) is 5.54 Å². The first kappa shape index (κ1) is 14.3. The maximum Gasteiger partial charge on any atom is 0.169 e. The summed E-state index contributed by atoms with van der Waals surface area (Å²) in [5, 5.41) is 18.4. The van der Waals surface area contributed by atoms with E-state index >= 15 is 0 Å². The fourth-order valence-electron chi connectivity index (χ4n) is 1.09. The van der Waals surface area contributed by atoms with Crippen molar-refractivity contribution in [1.82, 2.24) is 0 Å². The van der Waals surface area contributed by atoms with Crippen molar-refractivity contribution >= 4 is 18.1 Å². The summed E-state index contributed by atoms with van der Waals surface area (Å²) in [6.07, 6.45) is 1.24. The van der Waals surface area contributed by atoms with E-state index in [4.69, 9.17) is 9.22 Å². The van der Waals surface area contributed by atoms with E-state index in [1.807, 2.05) is 0 Å². The summed E-state index contributed by atoms with van der Waals surface area (Å²) in [5.74, 6) is 0. The molecule has 0 aliphatic rings. The lowest BCUT2D eigenvalue weighted by Gasteiger charge is -2.24. The van der Waals surface area contributed by atoms with Gasteiger partial charge in [-0.2, -0.15) is 0 Å². The van der Waals surface area contributed by atoms with Gasteiger partial charge in [0.2, 0.25) is 0 Å². The largest absolute Gasteiger partial charge is 0.460 e. The Morgan fingerprint density at radius 2 is 2.00 bits per heavy atom. The molecule has 14 heavy (non-hydrogen) atoms. The highest BCUT2D eigenvalue weighted by Crippen LogP contribution is 2.15. The van der Waals surface area contributed by atoms with E-state index in [0.29, 0.717) is 0 Å². The number of aliphatic hydroxyl groups is 2. The Labute approximate surface area is 90.6 Å². The number of hydrogen-bond acceptors (Lipinski definition) is 3. The highest BCUT2D eigenvalue weighted by atomic mass is 28.4. The first-order valence-corrected chi connectivity index (χ1v) is 9.87. The van der Waals surface area contributed by atoms with Crippen LogP contribution in [0.15, 0.2) is 0 Å². The number of rotatable bonds is 7. The van der Waals surface area contributed by atoms with Crippen LogP contribution in [-0.2, 0) is 4.12 Å². The van der Waals surface area contributed by atoms with Gasteiger partial charge in [-0.25, -0.2) is 0 Å². The molecule has 0 amide bonds. The minimum atomic E-state index is -1.46. The SMILES string of the molecule is CCC[C]([SiH2]O[Si](C)(C)C)C(O)CO. The van der Waals surface area contributed by atoms with Crippen LogP contribution < -0.4 is 0 Å². The predicted octanol–water partition coefficient (Wildman–Crippen LogP) is 0.607. The molecule has 0 aliphatic carbocycles. The maximum absolute atomic E-state index is 9.53. The van der Waals surface area contributed by atoms with Gasteiger partial charge in [0, 0.05) is 5.54 Å². The van der Waals surface area contributed by atoms with Crippen LogP contribution in [0.3, 0.4) is 0 Å². The van der Waals surface area contributed by atoms with Gasteiger partial charge >= 0.3 is 0 Å². The summed E-state index contributed by atoms with van der Waals surface area (Å²) in [7, 11) is -2.24. The smallest absolute Gasteiger partial charge is 0.169 e. The molecule has 5 heteroatoms. The standard InChI is InChI=1S/C9H23O3Si2/c1-5-6-9(8(11)7-10)13-12-14(2,3)4/h8,10-11H,5-7,13H2,1-4H3. The van der Waals surface area contributed by atoms with Gasteiger partial charge in [-0.3, -0.25) is 0 Å². The summed E-state index contributed by atoms with van der Waals surface area (Å²) in [6.45, 7) is 8.35. The van der Waals surface area contributed by atoms with Gasteiger partial charge in [0.15, 0.2) is 18.1 Å². The van der Waals surface area contributed by atoms with E-state index in [-0.39, 0.29) is 6.61 Å². The summed E-state index contributed by atoms with van der Waals surface area (Å²) < 4.78 is 5.84. The second-order valence-electron chi connectivity index (χ2n) is 4.51. The molecule has 0 bridgehead atoms. The molecule has 1 atom stereocenters. The third-order valence-corrected chi connectivity index (χ3v) is 7.14. The van der Waals surface area contributed by atoms with E-state index in [9.17, 15) is 5.11 Å². The molecule has 3 nitrogen and oxygen atoms in total. The molecule has 1 radical (unpaired) electrons. The molecule has 0 aromatic heterocycles. The lowest BCUT2D eigenvalue weighted by molar-refractivity contribution is 0.109. The average Bonchev–Trinajstić information content (AvgIpc) is 2.09. The van der Waals surface area contributed by atoms with Gasteiger partial charge in [-0.1, -0.05) is 13.3 Å².